The molecule has 116 valence electrons. The molecule has 1 atom stereocenters. The third kappa shape index (κ3) is 3.31. The zero-order chi connectivity index (χ0) is 16.2. The SMILES string of the molecule is CC(Oc1cccc2ccccc12)C(=O)Nc1ccccc1F. The molecule has 0 bridgehead atoms. The summed E-state index contributed by atoms with van der Waals surface area (Å²) < 4.78 is 19.4. The smallest absolute Gasteiger partial charge is 0.265 e. The summed E-state index contributed by atoms with van der Waals surface area (Å²) >= 11 is 0. The molecule has 0 aliphatic carbocycles. The molecule has 3 aromatic carbocycles. The molecule has 1 unspecified atom stereocenters. The lowest BCUT2D eigenvalue weighted by molar-refractivity contribution is -0.122. The van der Waals surface area contributed by atoms with E-state index in [1.54, 1.807) is 19.1 Å². The maximum atomic E-state index is 13.6. The van der Waals surface area contributed by atoms with E-state index in [-0.39, 0.29) is 5.69 Å². The summed E-state index contributed by atoms with van der Waals surface area (Å²) in [6.07, 6.45) is -0.750. The summed E-state index contributed by atoms with van der Waals surface area (Å²) in [4.78, 5) is 12.2. The van der Waals surface area contributed by atoms with Crippen LogP contribution < -0.4 is 10.1 Å². The van der Waals surface area contributed by atoms with Gasteiger partial charge in [0.05, 0.1) is 5.69 Å². The number of ether oxygens (including phenoxy) is 1. The van der Waals surface area contributed by atoms with E-state index < -0.39 is 17.8 Å². The van der Waals surface area contributed by atoms with E-state index in [0.717, 1.165) is 10.8 Å². The molecule has 3 nitrogen and oxygen atoms in total. The van der Waals surface area contributed by atoms with Gasteiger partial charge in [0.1, 0.15) is 11.6 Å². The molecule has 0 radical (unpaired) electrons. The Morgan fingerprint density at radius 3 is 2.52 bits per heavy atom. The van der Waals surface area contributed by atoms with Crippen LogP contribution in [0.25, 0.3) is 10.8 Å². The van der Waals surface area contributed by atoms with E-state index in [4.69, 9.17) is 4.74 Å². The summed E-state index contributed by atoms with van der Waals surface area (Å²) in [5.74, 6) is -0.250. The number of fused-ring (bicyclic) bond motifs is 1. The first-order valence-electron chi connectivity index (χ1n) is 7.35. The van der Waals surface area contributed by atoms with E-state index >= 15 is 0 Å². The van der Waals surface area contributed by atoms with Crippen molar-refractivity contribution in [3.05, 3.63) is 72.5 Å². The van der Waals surface area contributed by atoms with Crippen molar-refractivity contribution in [3.8, 4) is 5.75 Å². The second kappa shape index (κ2) is 6.48. The summed E-state index contributed by atoms with van der Waals surface area (Å²) in [6.45, 7) is 1.64. The second-order valence-electron chi connectivity index (χ2n) is 5.21. The van der Waals surface area contributed by atoms with Gasteiger partial charge >= 0.3 is 0 Å². The second-order valence-corrected chi connectivity index (χ2v) is 5.21. The van der Waals surface area contributed by atoms with Crippen molar-refractivity contribution in [2.24, 2.45) is 0 Å². The molecule has 0 spiro atoms. The fourth-order valence-electron chi connectivity index (χ4n) is 2.34. The van der Waals surface area contributed by atoms with Crippen LogP contribution in [0.4, 0.5) is 10.1 Å². The molecule has 1 N–H and O–H groups in total. The number of halogens is 1. The van der Waals surface area contributed by atoms with Crippen LogP contribution in [0, 0.1) is 5.82 Å². The Balaban J connectivity index is 1.77. The van der Waals surface area contributed by atoms with Crippen LogP contribution >= 0.6 is 0 Å². The predicted octanol–water partition coefficient (Wildman–Crippen LogP) is 4.38. The average Bonchev–Trinajstić information content (AvgIpc) is 2.57. The van der Waals surface area contributed by atoms with Gasteiger partial charge in [0.15, 0.2) is 6.10 Å². The zero-order valence-electron chi connectivity index (χ0n) is 12.6. The summed E-state index contributed by atoms with van der Waals surface area (Å²) in [5.41, 5.74) is 0.144. The van der Waals surface area contributed by atoms with Gasteiger partial charge in [-0.15, -0.1) is 0 Å². The minimum Gasteiger partial charge on any atom is -0.480 e. The van der Waals surface area contributed by atoms with Crippen molar-refractivity contribution in [1.29, 1.82) is 0 Å². The molecule has 0 heterocycles. The Morgan fingerprint density at radius 1 is 1.00 bits per heavy atom. The Kier molecular flexibility index (Phi) is 4.24. The third-order valence-corrected chi connectivity index (χ3v) is 3.55. The predicted molar refractivity (Wildman–Crippen MR) is 89.1 cm³/mol. The summed E-state index contributed by atoms with van der Waals surface area (Å²) in [7, 11) is 0. The van der Waals surface area contributed by atoms with E-state index in [2.05, 4.69) is 5.32 Å². The van der Waals surface area contributed by atoms with Crippen molar-refractivity contribution < 1.29 is 13.9 Å². The molecule has 4 heteroatoms. The van der Waals surface area contributed by atoms with Gasteiger partial charge in [0, 0.05) is 5.39 Å². The van der Waals surface area contributed by atoms with Gasteiger partial charge in [-0.3, -0.25) is 4.79 Å². The van der Waals surface area contributed by atoms with Crippen molar-refractivity contribution in [2.45, 2.75) is 13.0 Å². The first-order valence-corrected chi connectivity index (χ1v) is 7.35. The minimum absolute atomic E-state index is 0.144. The van der Waals surface area contributed by atoms with Crippen molar-refractivity contribution in [1.82, 2.24) is 0 Å². The summed E-state index contributed by atoms with van der Waals surface area (Å²) in [6, 6.07) is 19.5. The highest BCUT2D eigenvalue weighted by Gasteiger charge is 2.17. The quantitative estimate of drug-likeness (QED) is 0.776. The Labute approximate surface area is 133 Å². The van der Waals surface area contributed by atoms with Gasteiger partial charge in [0.25, 0.3) is 5.91 Å². The number of benzene rings is 3. The molecule has 0 saturated heterocycles. The van der Waals surface area contributed by atoms with Crippen LogP contribution in [-0.4, -0.2) is 12.0 Å². The number of hydrogen-bond donors (Lipinski definition) is 1. The summed E-state index contributed by atoms with van der Waals surface area (Å²) in [5, 5.41) is 4.50. The minimum atomic E-state index is -0.750. The lowest BCUT2D eigenvalue weighted by Crippen LogP contribution is -2.30. The largest absolute Gasteiger partial charge is 0.480 e. The van der Waals surface area contributed by atoms with E-state index in [0.29, 0.717) is 5.75 Å². The number of para-hydroxylation sites is 1. The fourth-order valence-corrected chi connectivity index (χ4v) is 2.34. The monoisotopic (exact) mass is 309 g/mol. The van der Waals surface area contributed by atoms with E-state index in [1.165, 1.54) is 12.1 Å². The molecule has 0 saturated carbocycles. The van der Waals surface area contributed by atoms with Gasteiger partial charge in [-0.25, -0.2) is 4.39 Å². The maximum Gasteiger partial charge on any atom is 0.265 e. The number of carbonyl (C=O) groups excluding carboxylic acids is 1. The molecule has 3 rings (SSSR count). The van der Waals surface area contributed by atoms with Crippen LogP contribution in [0.15, 0.2) is 66.7 Å². The van der Waals surface area contributed by atoms with Crippen molar-refractivity contribution in [2.75, 3.05) is 5.32 Å². The van der Waals surface area contributed by atoms with Crippen LogP contribution in [0.1, 0.15) is 6.92 Å². The van der Waals surface area contributed by atoms with Gasteiger partial charge in [-0.1, -0.05) is 48.5 Å². The molecular weight excluding hydrogens is 293 g/mol. The van der Waals surface area contributed by atoms with E-state index in [9.17, 15) is 9.18 Å². The molecule has 0 aliphatic rings. The molecule has 23 heavy (non-hydrogen) atoms. The first-order chi connectivity index (χ1) is 11.1. The lowest BCUT2D eigenvalue weighted by atomic mass is 10.1. The van der Waals surface area contributed by atoms with Crippen molar-refractivity contribution >= 4 is 22.4 Å². The van der Waals surface area contributed by atoms with Crippen LogP contribution in [0.3, 0.4) is 0 Å². The Bertz CT molecular complexity index is 842. The zero-order valence-corrected chi connectivity index (χ0v) is 12.6. The van der Waals surface area contributed by atoms with E-state index in [1.807, 2.05) is 42.5 Å². The highest BCUT2D eigenvalue weighted by Crippen LogP contribution is 2.26. The number of rotatable bonds is 4. The molecular formula is C19H16FNO2. The number of anilines is 1. The molecule has 0 aliphatic heterocycles. The molecule has 1 amide bonds. The number of hydrogen-bond acceptors (Lipinski definition) is 2. The normalized spacial score (nSPS) is 11.9. The number of nitrogens with one attached hydrogen (secondary N) is 1. The van der Waals surface area contributed by atoms with Crippen LogP contribution in [0.2, 0.25) is 0 Å². The van der Waals surface area contributed by atoms with Gasteiger partial charge in [-0.2, -0.15) is 0 Å². The van der Waals surface area contributed by atoms with Crippen molar-refractivity contribution in [3.63, 3.8) is 0 Å². The first kappa shape index (κ1) is 15.0. The standard InChI is InChI=1S/C19H16FNO2/c1-13(19(22)21-17-11-5-4-10-16(17)20)23-18-12-6-8-14-7-2-3-9-15(14)18/h2-13H,1H3,(H,21,22). The fraction of sp³-hybridized carbons (Fsp3) is 0.105. The van der Waals surface area contributed by atoms with Gasteiger partial charge in [0.2, 0.25) is 0 Å². The van der Waals surface area contributed by atoms with Gasteiger partial charge < -0.3 is 10.1 Å². The molecule has 3 aromatic rings. The Hall–Kier alpha value is -2.88. The number of amides is 1. The molecule has 0 aromatic heterocycles. The third-order valence-electron chi connectivity index (χ3n) is 3.55. The Morgan fingerprint density at radius 2 is 1.70 bits per heavy atom. The topological polar surface area (TPSA) is 38.3 Å². The average molecular weight is 309 g/mol. The highest BCUT2D eigenvalue weighted by molar-refractivity contribution is 5.95. The lowest BCUT2D eigenvalue weighted by Gasteiger charge is -2.16. The van der Waals surface area contributed by atoms with Crippen LogP contribution in [0.5, 0.6) is 5.75 Å². The molecule has 0 fully saturated rings. The maximum absolute atomic E-state index is 13.6. The van der Waals surface area contributed by atoms with Gasteiger partial charge in [-0.05, 0) is 30.5 Å². The number of carbonyl (C=O) groups is 1. The highest BCUT2D eigenvalue weighted by atomic mass is 19.1. The van der Waals surface area contributed by atoms with Crippen LogP contribution in [-0.2, 0) is 4.79 Å².